The number of carbonyl (C=O) groups is 1. The minimum Gasteiger partial charge on any atom is -0.386 e. The van der Waals surface area contributed by atoms with Crippen LogP contribution >= 0.6 is 34.5 Å². The minimum atomic E-state index is -3.56. The van der Waals surface area contributed by atoms with Crippen LogP contribution in [0, 0.1) is 0 Å². The quantitative estimate of drug-likeness (QED) is 0.705. The van der Waals surface area contributed by atoms with E-state index < -0.39 is 20.1 Å². The Bertz CT molecular complexity index is 1090. The normalized spacial score (nSPS) is 22.7. The van der Waals surface area contributed by atoms with Crippen molar-refractivity contribution in [3.8, 4) is 0 Å². The Hall–Kier alpha value is -1.61. The molecule has 3 N–H and O–H groups in total. The van der Waals surface area contributed by atoms with Gasteiger partial charge in [-0.1, -0.05) is 35.3 Å². The highest BCUT2D eigenvalue weighted by Gasteiger charge is 2.49. The van der Waals surface area contributed by atoms with E-state index in [4.69, 9.17) is 28.9 Å². The molecule has 1 aliphatic heterocycles. The van der Waals surface area contributed by atoms with Gasteiger partial charge in [-0.3, -0.25) is 9.79 Å². The fourth-order valence-electron chi connectivity index (χ4n) is 2.98. The van der Waals surface area contributed by atoms with Gasteiger partial charge in [-0.2, -0.15) is 0 Å². The highest BCUT2D eigenvalue weighted by molar-refractivity contribution is 7.93. The zero-order valence-electron chi connectivity index (χ0n) is 16.1. The first-order chi connectivity index (χ1) is 13.4. The monoisotopic (exact) mass is 473 g/mol. The van der Waals surface area contributed by atoms with E-state index in [1.165, 1.54) is 19.9 Å². The molecule has 0 bridgehead atoms. The summed E-state index contributed by atoms with van der Waals surface area (Å²) in [6, 6.07) is 8.67. The van der Waals surface area contributed by atoms with Crippen LogP contribution in [0.15, 0.2) is 35.3 Å². The van der Waals surface area contributed by atoms with Gasteiger partial charge in [0, 0.05) is 11.6 Å². The van der Waals surface area contributed by atoms with Gasteiger partial charge in [-0.05, 0) is 44.5 Å². The van der Waals surface area contributed by atoms with Crippen LogP contribution in [0.4, 0.5) is 0 Å². The predicted molar refractivity (Wildman–Crippen MR) is 119 cm³/mol. The summed E-state index contributed by atoms with van der Waals surface area (Å²) in [6.07, 6.45) is 0. The van der Waals surface area contributed by atoms with Gasteiger partial charge in [0.05, 0.1) is 20.5 Å². The van der Waals surface area contributed by atoms with Gasteiger partial charge in [0.1, 0.15) is 16.1 Å². The zero-order chi connectivity index (χ0) is 21.6. The Balaban J connectivity index is 1.85. The lowest BCUT2D eigenvalue weighted by molar-refractivity contribution is 0.0955. The summed E-state index contributed by atoms with van der Waals surface area (Å²) in [6.45, 7) is 5.06. The molecule has 29 heavy (non-hydrogen) atoms. The molecule has 2 aromatic rings. The smallest absolute Gasteiger partial charge is 0.261 e. The first-order valence-electron chi connectivity index (χ1n) is 8.76. The molecule has 6 nitrogen and oxygen atoms in total. The molecule has 0 saturated heterocycles. The van der Waals surface area contributed by atoms with Crippen molar-refractivity contribution in [1.29, 1.82) is 0 Å². The maximum absolute atomic E-state index is 12.8. The van der Waals surface area contributed by atoms with Gasteiger partial charge in [0.2, 0.25) is 0 Å². The average Bonchev–Trinajstić information content (AvgIpc) is 3.02. The molecule has 1 amide bonds. The van der Waals surface area contributed by atoms with Crippen molar-refractivity contribution in [2.75, 3.05) is 5.75 Å². The summed E-state index contributed by atoms with van der Waals surface area (Å²) in [5, 5.41) is 3.73. The third kappa shape index (κ3) is 4.17. The van der Waals surface area contributed by atoms with Crippen molar-refractivity contribution in [3.05, 3.63) is 55.7 Å². The lowest BCUT2D eigenvalue weighted by atomic mass is 10.0. The summed E-state index contributed by atoms with van der Waals surface area (Å²) < 4.78 is 24.3. The van der Waals surface area contributed by atoms with Gasteiger partial charge < -0.3 is 11.1 Å². The molecule has 2 heterocycles. The number of benzene rings is 1. The molecule has 0 spiro atoms. The van der Waals surface area contributed by atoms with Gasteiger partial charge in [-0.25, -0.2) is 8.42 Å². The van der Waals surface area contributed by atoms with Gasteiger partial charge in [-0.15, -0.1) is 11.3 Å². The Labute approximate surface area is 184 Å². The van der Waals surface area contributed by atoms with E-state index in [1.54, 1.807) is 19.1 Å². The first-order valence-corrected chi connectivity index (χ1v) is 12.0. The van der Waals surface area contributed by atoms with Crippen molar-refractivity contribution in [1.82, 2.24) is 5.32 Å². The minimum absolute atomic E-state index is 0.0319. The van der Waals surface area contributed by atoms with E-state index in [0.717, 1.165) is 16.9 Å². The fourth-order valence-corrected chi connectivity index (χ4v) is 6.42. The zero-order valence-corrected chi connectivity index (χ0v) is 19.3. The standard InChI is InChI=1S/C19H21Cl2N3O3S2/c1-18(2)17(22)24-19(3,10-29(18,26)27)15-13(21)8-14(28-15)16(25)23-9-11-4-6-12(20)7-5-11/h4-8H,9-10H2,1-3H3,(H2,22,24)(H,23,25)/t19-/m0/s1. The molecule has 0 saturated carbocycles. The summed E-state index contributed by atoms with van der Waals surface area (Å²) in [5.41, 5.74) is 5.74. The van der Waals surface area contributed by atoms with Gasteiger partial charge in [0.25, 0.3) is 5.91 Å². The first kappa shape index (κ1) is 22.1. The number of amidine groups is 1. The molecule has 3 rings (SSSR count). The number of rotatable bonds is 4. The number of nitrogens with zero attached hydrogens (tertiary/aromatic N) is 1. The third-order valence-electron chi connectivity index (χ3n) is 5.00. The van der Waals surface area contributed by atoms with Crippen LogP contribution in [0.25, 0.3) is 0 Å². The molecular weight excluding hydrogens is 453 g/mol. The van der Waals surface area contributed by atoms with Gasteiger partial charge >= 0.3 is 0 Å². The lowest BCUT2D eigenvalue weighted by Crippen LogP contribution is -2.54. The molecule has 1 atom stereocenters. The molecule has 156 valence electrons. The van der Waals surface area contributed by atoms with Gasteiger partial charge in [0.15, 0.2) is 9.84 Å². The van der Waals surface area contributed by atoms with Crippen molar-refractivity contribution in [2.24, 2.45) is 10.7 Å². The lowest BCUT2D eigenvalue weighted by Gasteiger charge is -2.37. The fraction of sp³-hybridized carbons (Fsp3) is 0.368. The number of nitrogens with one attached hydrogen (secondary N) is 1. The van der Waals surface area contributed by atoms with E-state index in [2.05, 4.69) is 10.3 Å². The number of halogens is 2. The Kier molecular flexibility index (Phi) is 5.77. The van der Waals surface area contributed by atoms with E-state index >= 15 is 0 Å². The number of thiophene rings is 1. The van der Waals surface area contributed by atoms with E-state index in [9.17, 15) is 13.2 Å². The molecule has 1 aromatic heterocycles. The van der Waals surface area contributed by atoms with Crippen LogP contribution in [0.2, 0.25) is 10.0 Å². The highest BCUT2D eigenvalue weighted by atomic mass is 35.5. The molecule has 0 radical (unpaired) electrons. The molecule has 0 fully saturated rings. The Morgan fingerprint density at radius 2 is 1.86 bits per heavy atom. The maximum atomic E-state index is 12.8. The number of aliphatic imine (C=N–C) groups is 1. The average molecular weight is 474 g/mol. The molecule has 10 heteroatoms. The molecular formula is C19H21Cl2N3O3S2. The van der Waals surface area contributed by atoms with Crippen LogP contribution in [0.3, 0.4) is 0 Å². The van der Waals surface area contributed by atoms with Crippen LogP contribution in [0.5, 0.6) is 0 Å². The molecule has 1 aliphatic rings. The highest BCUT2D eigenvalue weighted by Crippen LogP contribution is 2.43. The second kappa shape index (κ2) is 7.58. The van der Waals surface area contributed by atoms with Crippen molar-refractivity contribution in [3.63, 3.8) is 0 Å². The van der Waals surface area contributed by atoms with Crippen molar-refractivity contribution in [2.45, 2.75) is 37.6 Å². The summed E-state index contributed by atoms with van der Waals surface area (Å²) in [5.74, 6) is -0.512. The topological polar surface area (TPSA) is 102 Å². The van der Waals surface area contributed by atoms with Crippen molar-refractivity contribution < 1.29 is 13.2 Å². The largest absolute Gasteiger partial charge is 0.386 e. The number of nitrogens with two attached hydrogens (primary N) is 1. The maximum Gasteiger partial charge on any atom is 0.261 e. The number of sulfone groups is 1. The Morgan fingerprint density at radius 3 is 2.45 bits per heavy atom. The Morgan fingerprint density at radius 1 is 1.24 bits per heavy atom. The van der Waals surface area contributed by atoms with Crippen LogP contribution in [-0.4, -0.2) is 30.7 Å². The molecule has 0 unspecified atom stereocenters. The van der Waals surface area contributed by atoms with Crippen LogP contribution in [0.1, 0.15) is 40.9 Å². The van der Waals surface area contributed by atoms with E-state index in [-0.39, 0.29) is 17.5 Å². The number of hydrogen-bond donors (Lipinski definition) is 2. The molecule has 0 aliphatic carbocycles. The van der Waals surface area contributed by atoms with Crippen LogP contribution in [-0.2, 0) is 21.9 Å². The number of hydrogen-bond acceptors (Lipinski definition) is 6. The van der Waals surface area contributed by atoms with Crippen molar-refractivity contribution >= 4 is 56.1 Å². The van der Waals surface area contributed by atoms with E-state index in [0.29, 0.717) is 26.3 Å². The van der Waals surface area contributed by atoms with Crippen LogP contribution < -0.4 is 11.1 Å². The number of carbonyl (C=O) groups excluding carboxylic acids is 1. The third-order valence-corrected chi connectivity index (χ3v) is 9.75. The second-order valence-corrected chi connectivity index (χ2v) is 12.1. The molecule has 1 aromatic carbocycles. The summed E-state index contributed by atoms with van der Waals surface area (Å²) in [7, 11) is -3.56. The van der Waals surface area contributed by atoms with E-state index in [1.807, 2.05) is 12.1 Å². The number of amides is 1. The SMILES string of the molecule is CC1(C)C(N)=N[C@](C)(c2sc(C(=O)NCc3ccc(Cl)cc3)cc2Cl)CS1(=O)=O. The summed E-state index contributed by atoms with van der Waals surface area (Å²) >= 11 is 13.4. The summed E-state index contributed by atoms with van der Waals surface area (Å²) in [4.78, 5) is 17.9. The predicted octanol–water partition coefficient (Wildman–Crippen LogP) is 3.76. The second-order valence-electron chi connectivity index (χ2n) is 7.64.